The highest BCUT2D eigenvalue weighted by Crippen LogP contribution is 2.46. The number of carbonyl (C=O) groups is 1. The minimum absolute atomic E-state index is 0.117. The zero-order chi connectivity index (χ0) is 34.1. The Labute approximate surface area is 297 Å². The van der Waals surface area contributed by atoms with Crippen molar-refractivity contribution in [1.82, 2.24) is 9.62 Å². The maximum Gasteiger partial charge on any atom is 0.264 e. The lowest BCUT2D eigenvalue weighted by atomic mass is 9.65. The molecule has 5 atom stereocenters. The Kier molecular flexibility index (Phi) is 10.8. The fourth-order valence-corrected chi connectivity index (χ4v) is 9.97. The quantitative estimate of drug-likeness (QED) is 0.381. The number of ether oxygens (including phenoxy) is 3. The number of carbonyl (C=O) groups excluding carboxylic acids is 1. The Morgan fingerprint density at radius 1 is 0.857 bits per heavy atom. The number of anilines is 1. The maximum absolute atomic E-state index is 13.5. The normalized spacial score (nSPS) is 32.9. The molecule has 2 bridgehead atoms. The highest BCUT2D eigenvalue weighted by atomic mass is 35.5. The molecule has 3 fully saturated rings. The van der Waals surface area contributed by atoms with Gasteiger partial charge in [0.25, 0.3) is 5.91 Å². The van der Waals surface area contributed by atoms with Gasteiger partial charge in [0.15, 0.2) is 6.29 Å². The van der Waals surface area contributed by atoms with E-state index in [1.807, 2.05) is 37.3 Å². The van der Waals surface area contributed by atoms with Crippen molar-refractivity contribution in [3.8, 4) is 5.75 Å². The van der Waals surface area contributed by atoms with Gasteiger partial charge in [0.1, 0.15) is 12.4 Å². The molecule has 0 spiro atoms. The highest BCUT2D eigenvalue weighted by Gasteiger charge is 2.44. The molecule has 2 saturated heterocycles. The number of sulfonamides is 1. The third-order valence-electron chi connectivity index (χ3n) is 12.1. The van der Waals surface area contributed by atoms with E-state index in [4.69, 9.17) is 25.8 Å². The second-order valence-electron chi connectivity index (χ2n) is 15.1. The summed E-state index contributed by atoms with van der Waals surface area (Å²) in [5, 5.41) is 0.00831. The number of fused-ring (bicyclic) bond motifs is 3. The molecule has 1 N–H and O–H groups in total. The highest BCUT2D eigenvalue weighted by molar-refractivity contribution is 7.90. The van der Waals surface area contributed by atoms with Crippen LogP contribution in [0.25, 0.3) is 0 Å². The van der Waals surface area contributed by atoms with Gasteiger partial charge in [-0.2, -0.15) is 0 Å². The van der Waals surface area contributed by atoms with Crippen LogP contribution in [0.1, 0.15) is 86.7 Å². The van der Waals surface area contributed by atoms with Crippen molar-refractivity contribution < 1.29 is 27.4 Å². The van der Waals surface area contributed by atoms with E-state index in [0.717, 1.165) is 93.8 Å². The number of likely N-dealkylation sites (tertiary alicyclic amines) is 1. The van der Waals surface area contributed by atoms with Gasteiger partial charge in [0.05, 0.1) is 30.2 Å². The molecule has 0 aromatic heterocycles. The van der Waals surface area contributed by atoms with Crippen LogP contribution in [0.3, 0.4) is 0 Å². The molecule has 11 heteroatoms. The minimum Gasteiger partial charge on any atom is -0.487 e. The molecular formula is C38H52ClN3O6S. The molecular weight excluding hydrogens is 662 g/mol. The number of nitrogens with one attached hydrogen (secondary N) is 1. The van der Waals surface area contributed by atoms with Crippen LogP contribution < -0.4 is 14.4 Å². The molecule has 1 amide bonds. The number of nitrogens with zero attached hydrogens (tertiary/aromatic N) is 2. The smallest absolute Gasteiger partial charge is 0.264 e. The monoisotopic (exact) mass is 713 g/mol. The summed E-state index contributed by atoms with van der Waals surface area (Å²) < 4.78 is 48.9. The van der Waals surface area contributed by atoms with Crippen molar-refractivity contribution >= 4 is 33.2 Å². The van der Waals surface area contributed by atoms with E-state index in [2.05, 4.69) is 14.5 Å². The van der Waals surface area contributed by atoms with Crippen LogP contribution in [-0.2, 0) is 32.5 Å². The number of aryl methyl sites for hydroxylation is 1. The van der Waals surface area contributed by atoms with Crippen molar-refractivity contribution in [1.29, 1.82) is 0 Å². The Balaban J connectivity index is 1.20. The van der Waals surface area contributed by atoms with E-state index >= 15 is 0 Å². The van der Waals surface area contributed by atoms with E-state index in [-0.39, 0.29) is 18.1 Å². The zero-order valence-electron chi connectivity index (χ0n) is 28.9. The number of benzene rings is 2. The summed E-state index contributed by atoms with van der Waals surface area (Å²) in [6.07, 6.45) is 8.69. The fourth-order valence-electron chi connectivity index (χ4n) is 8.47. The molecule has 4 aliphatic heterocycles. The van der Waals surface area contributed by atoms with Gasteiger partial charge in [-0.3, -0.25) is 9.69 Å². The molecule has 9 nitrogen and oxygen atoms in total. The number of rotatable bonds is 2. The largest absolute Gasteiger partial charge is 0.487 e. The van der Waals surface area contributed by atoms with Crippen LogP contribution in [0.5, 0.6) is 5.75 Å². The summed E-state index contributed by atoms with van der Waals surface area (Å²) in [6, 6.07) is 11.6. The van der Waals surface area contributed by atoms with Gasteiger partial charge in [-0.15, -0.1) is 0 Å². The van der Waals surface area contributed by atoms with Crippen molar-refractivity contribution in [2.75, 3.05) is 44.3 Å². The van der Waals surface area contributed by atoms with E-state index in [1.165, 1.54) is 12.0 Å². The lowest BCUT2D eigenvalue weighted by Gasteiger charge is -2.49. The first kappa shape index (κ1) is 35.1. The van der Waals surface area contributed by atoms with Crippen LogP contribution in [0.15, 0.2) is 36.4 Å². The number of halogens is 1. The van der Waals surface area contributed by atoms with Crippen LogP contribution in [0.2, 0.25) is 5.02 Å². The second kappa shape index (κ2) is 15.1. The predicted molar refractivity (Wildman–Crippen MR) is 192 cm³/mol. The van der Waals surface area contributed by atoms with Gasteiger partial charge in [-0.1, -0.05) is 31.0 Å². The van der Waals surface area contributed by atoms with Crippen LogP contribution >= 0.6 is 11.6 Å². The predicted octanol–water partition coefficient (Wildman–Crippen LogP) is 6.42. The third kappa shape index (κ3) is 7.78. The summed E-state index contributed by atoms with van der Waals surface area (Å²) in [6.45, 7) is 9.35. The van der Waals surface area contributed by atoms with Gasteiger partial charge in [-0.25, -0.2) is 13.1 Å². The van der Waals surface area contributed by atoms with Gasteiger partial charge in [-0.05, 0) is 131 Å². The molecule has 0 radical (unpaired) electrons. The summed E-state index contributed by atoms with van der Waals surface area (Å²) in [5.74, 6) is 1.10. The molecule has 2 aromatic carbocycles. The maximum atomic E-state index is 13.5. The first-order valence-electron chi connectivity index (χ1n) is 18.5. The Morgan fingerprint density at radius 2 is 1.67 bits per heavy atom. The topological polar surface area (TPSA) is 97.4 Å². The van der Waals surface area contributed by atoms with Crippen LogP contribution in [0.4, 0.5) is 5.69 Å². The van der Waals surface area contributed by atoms with Crippen LogP contribution in [-0.4, -0.2) is 76.2 Å². The van der Waals surface area contributed by atoms with E-state index < -0.39 is 21.2 Å². The minimum atomic E-state index is -3.90. The Hall–Kier alpha value is -2.37. The average molecular weight is 714 g/mol. The molecule has 2 aromatic rings. The second-order valence-corrected chi connectivity index (χ2v) is 17.6. The molecule has 7 rings (SSSR count). The van der Waals surface area contributed by atoms with Gasteiger partial charge in [0.2, 0.25) is 10.0 Å². The molecule has 268 valence electrons. The molecule has 5 aliphatic rings. The number of hydrogen-bond acceptors (Lipinski definition) is 8. The molecule has 1 saturated carbocycles. The van der Waals surface area contributed by atoms with Gasteiger partial charge >= 0.3 is 0 Å². The standard InChI is InChI=1S/C38H52ClN3O6S/c1-25-7-5-9-34(38-47-23-32(24-48-38)41-17-6-18-41)33-14-11-29(33)21-42-16-4-3-8-27-19-31(39)13-10-30(27)22-46-36-15-12-28(20-35(36)42)37(43)40-49(44,45)26(25)2/h10,12-13,15,19-20,25-26,29,32-34,38H,3-9,11,14,16-18,21-24H2,1-2H3,(H,40,43)/t25-,26+,29-,32-,33+,34-,38-/m0/s1. The summed E-state index contributed by atoms with van der Waals surface area (Å²) in [5.41, 5.74) is 3.44. The van der Waals surface area contributed by atoms with Crippen molar-refractivity contribution in [2.24, 2.45) is 23.7 Å². The first-order chi connectivity index (χ1) is 23.7. The van der Waals surface area contributed by atoms with E-state index in [0.29, 0.717) is 49.0 Å². The molecule has 49 heavy (non-hydrogen) atoms. The Bertz CT molecular complexity index is 1590. The zero-order valence-corrected chi connectivity index (χ0v) is 30.5. The van der Waals surface area contributed by atoms with Crippen molar-refractivity contribution in [2.45, 2.75) is 95.8 Å². The molecule has 4 heterocycles. The molecule has 0 unspecified atom stereocenters. The van der Waals surface area contributed by atoms with E-state index in [9.17, 15) is 13.2 Å². The summed E-state index contributed by atoms with van der Waals surface area (Å²) in [7, 11) is -3.90. The van der Waals surface area contributed by atoms with Crippen molar-refractivity contribution in [3.63, 3.8) is 0 Å². The third-order valence-corrected chi connectivity index (χ3v) is 14.3. The summed E-state index contributed by atoms with van der Waals surface area (Å²) >= 11 is 6.38. The SMILES string of the molecule is C[C@@H]1[C@@H](C)CCC[C@H]([C@H]2OC[C@H](N3CCC3)CO2)[C@@H]2CC[C@H]2CN2CCCCc3cc(Cl)ccc3COc3ccc(cc32)C(=O)NS1(=O)=O. The summed E-state index contributed by atoms with van der Waals surface area (Å²) in [4.78, 5) is 18.4. The number of amides is 1. The Morgan fingerprint density at radius 3 is 2.41 bits per heavy atom. The van der Waals surface area contributed by atoms with Gasteiger partial charge in [0, 0.05) is 29.6 Å². The fraction of sp³-hybridized carbons (Fsp3) is 0.658. The van der Waals surface area contributed by atoms with Crippen LogP contribution in [0, 0.1) is 23.7 Å². The van der Waals surface area contributed by atoms with Crippen molar-refractivity contribution in [3.05, 3.63) is 58.1 Å². The number of hydrogen-bond donors (Lipinski definition) is 1. The first-order valence-corrected chi connectivity index (χ1v) is 20.4. The lowest BCUT2D eigenvalue weighted by molar-refractivity contribution is -0.246. The lowest BCUT2D eigenvalue weighted by Crippen LogP contribution is -2.55. The van der Waals surface area contributed by atoms with E-state index in [1.54, 1.807) is 13.0 Å². The molecule has 1 aliphatic carbocycles. The van der Waals surface area contributed by atoms with Gasteiger partial charge < -0.3 is 19.1 Å². The average Bonchev–Trinajstić information content (AvgIpc) is 3.08.